The normalized spacial score (nSPS) is 18.5. The molecule has 1 amide bonds. The SMILES string of the molecule is CC(C)NC(=O)Cn1c(-c2ccc(F)c(Cl)c2)nc2ccc(N3CCC[N+]([O-])(C(C)C)CC3)cc2c1=O. The van der Waals surface area contributed by atoms with E-state index in [1.54, 1.807) is 12.1 Å². The third-order valence-corrected chi connectivity index (χ3v) is 7.18. The molecule has 1 unspecified atom stereocenters. The molecule has 1 saturated heterocycles. The number of halogens is 2. The Kier molecular flexibility index (Phi) is 7.87. The molecule has 2 heterocycles. The first-order valence-corrected chi connectivity index (χ1v) is 13.0. The maximum Gasteiger partial charge on any atom is 0.262 e. The number of carbonyl (C=O) groups excluding carboxylic acids is 1. The van der Waals surface area contributed by atoms with Crippen LogP contribution in [0, 0.1) is 11.0 Å². The van der Waals surface area contributed by atoms with Crippen molar-refractivity contribution in [1.29, 1.82) is 0 Å². The standard InChI is InChI=1S/C27H33ClFN5O3/c1-17(2)30-25(35)16-33-26(19-6-8-23(29)22(28)14-19)31-24-9-7-20(15-21(24)27(33)36)32-10-5-12-34(37,13-11-32)18(3)4/h6-9,14-15,17-18H,5,10-13,16H2,1-4H3,(H,30,35). The van der Waals surface area contributed by atoms with Gasteiger partial charge in [-0.05, 0) is 64.1 Å². The Morgan fingerprint density at radius 2 is 1.92 bits per heavy atom. The van der Waals surface area contributed by atoms with Crippen LogP contribution in [0.3, 0.4) is 0 Å². The van der Waals surface area contributed by atoms with Crippen LogP contribution in [-0.2, 0) is 11.3 Å². The highest BCUT2D eigenvalue weighted by molar-refractivity contribution is 6.31. The minimum absolute atomic E-state index is 0.0108. The Morgan fingerprint density at radius 3 is 2.59 bits per heavy atom. The van der Waals surface area contributed by atoms with Gasteiger partial charge in [0.25, 0.3) is 5.56 Å². The minimum Gasteiger partial charge on any atom is -0.633 e. The largest absolute Gasteiger partial charge is 0.633 e. The van der Waals surface area contributed by atoms with Gasteiger partial charge in [0.2, 0.25) is 5.91 Å². The first-order valence-electron chi connectivity index (χ1n) is 12.6. The highest BCUT2D eigenvalue weighted by Crippen LogP contribution is 2.27. The smallest absolute Gasteiger partial charge is 0.262 e. The molecule has 1 fully saturated rings. The van der Waals surface area contributed by atoms with Gasteiger partial charge in [0, 0.05) is 30.3 Å². The van der Waals surface area contributed by atoms with Gasteiger partial charge in [-0.2, -0.15) is 0 Å². The van der Waals surface area contributed by atoms with Gasteiger partial charge >= 0.3 is 0 Å². The highest BCUT2D eigenvalue weighted by atomic mass is 35.5. The second-order valence-electron chi connectivity index (χ2n) is 10.2. The Labute approximate surface area is 220 Å². The summed E-state index contributed by atoms with van der Waals surface area (Å²) >= 11 is 6.01. The summed E-state index contributed by atoms with van der Waals surface area (Å²) in [6, 6.07) is 9.42. The van der Waals surface area contributed by atoms with Crippen molar-refractivity contribution in [3.63, 3.8) is 0 Å². The van der Waals surface area contributed by atoms with Gasteiger partial charge in [0.1, 0.15) is 18.2 Å². The number of carbonyl (C=O) groups is 1. The van der Waals surface area contributed by atoms with Crippen LogP contribution >= 0.6 is 11.6 Å². The first-order chi connectivity index (χ1) is 17.5. The van der Waals surface area contributed by atoms with E-state index >= 15 is 0 Å². The van der Waals surface area contributed by atoms with E-state index in [1.165, 1.54) is 22.8 Å². The van der Waals surface area contributed by atoms with Crippen LogP contribution in [0.1, 0.15) is 34.1 Å². The van der Waals surface area contributed by atoms with Crippen molar-refractivity contribution < 1.29 is 13.8 Å². The molecule has 4 rings (SSSR count). The van der Waals surface area contributed by atoms with E-state index in [2.05, 4.69) is 10.2 Å². The van der Waals surface area contributed by atoms with Crippen molar-refractivity contribution in [3.05, 3.63) is 62.8 Å². The van der Waals surface area contributed by atoms with Gasteiger partial charge < -0.3 is 20.1 Å². The van der Waals surface area contributed by atoms with Crippen LogP contribution in [0.2, 0.25) is 5.02 Å². The quantitative estimate of drug-likeness (QED) is 0.379. The summed E-state index contributed by atoms with van der Waals surface area (Å²) in [5.74, 6) is -0.696. The number of rotatable bonds is 6. The third kappa shape index (κ3) is 5.79. The number of hydroxylamine groups is 3. The van der Waals surface area contributed by atoms with Gasteiger partial charge in [-0.15, -0.1) is 0 Å². The van der Waals surface area contributed by atoms with Gasteiger partial charge in [-0.1, -0.05) is 11.6 Å². The number of benzene rings is 2. The summed E-state index contributed by atoms with van der Waals surface area (Å²) in [6.45, 7) is 9.65. The second kappa shape index (κ2) is 10.8. The van der Waals surface area contributed by atoms with E-state index in [0.29, 0.717) is 42.6 Å². The number of nitrogens with zero attached hydrogens (tertiary/aromatic N) is 4. The van der Waals surface area contributed by atoms with Gasteiger partial charge in [-0.3, -0.25) is 14.2 Å². The fourth-order valence-electron chi connectivity index (χ4n) is 4.74. The molecule has 0 radical (unpaired) electrons. The number of anilines is 1. The highest BCUT2D eigenvalue weighted by Gasteiger charge is 2.26. The van der Waals surface area contributed by atoms with Gasteiger partial charge in [0.15, 0.2) is 0 Å². The predicted octanol–water partition coefficient (Wildman–Crippen LogP) is 4.31. The molecular formula is C27H33ClFN5O3. The van der Waals surface area contributed by atoms with Crippen molar-refractivity contribution in [1.82, 2.24) is 14.9 Å². The predicted molar refractivity (Wildman–Crippen MR) is 145 cm³/mol. The lowest BCUT2D eigenvalue weighted by Gasteiger charge is -2.45. The molecule has 0 spiro atoms. The van der Waals surface area contributed by atoms with Gasteiger partial charge in [0.05, 0.1) is 41.6 Å². The molecule has 198 valence electrons. The van der Waals surface area contributed by atoms with E-state index in [4.69, 9.17) is 16.6 Å². The number of nitrogens with one attached hydrogen (secondary N) is 1. The van der Waals surface area contributed by atoms with Crippen LogP contribution in [0.25, 0.3) is 22.3 Å². The molecule has 2 aromatic carbocycles. The molecule has 37 heavy (non-hydrogen) atoms. The topological polar surface area (TPSA) is 90.3 Å². The summed E-state index contributed by atoms with van der Waals surface area (Å²) in [5.41, 5.74) is 1.33. The van der Waals surface area contributed by atoms with Crippen LogP contribution in [0.4, 0.5) is 10.1 Å². The van der Waals surface area contributed by atoms with Crippen LogP contribution in [0.5, 0.6) is 0 Å². The molecule has 0 saturated carbocycles. The van der Waals surface area contributed by atoms with Crippen LogP contribution < -0.4 is 15.8 Å². The summed E-state index contributed by atoms with van der Waals surface area (Å²) < 4.78 is 14.9. The first kappa shape index (κ1) is 27.0. The molecule has 1 aromatic heterocycles. The summed E-state index contributed by atoms with van der Waals surface area (Å²) in [6.07, 6.45) is 0.752. The van der Waals surface area contributed by atoms with Crippen LogP contribution in [0.15, 0.2) is 41.2 Å². The Morgan fingerprint density at radius 1 is 1.16 bits per heavy atom. The summed E-state index contributed by atoms with van der Waals surface area (Å²) in [7, 11) is 0. The van der Waals surface area contributed by atoms with Crippen molar-refractivity contribution >= 4 is 34.1 Å². The lowest BCUT2D eigenvalue weighted by molar-refractivity contribution is -0.899. The number of hydrogen-bond donors (Lipinski definition) is 1. The summed E-state index contributed by atoms with van der Waals surface area (Å²) in [4.78, 5) is 33.2. The minimum atomic E-state index is -0.585. The zero-order chi connectivity index (χ0) is 26.9. The molecule has 1 atom stereocenters. The molecule has 0 bridgehead atoms. The lowest BCUT2D eigenvalue weighted by atomic mass is 10.1. The molecule has 1 aliphatic heterocycles. The maximum absolute atomic E-state index is 13.8. The monoisotopic (exact) mass is 529 g/mol. The summed E-state index contributed by atoms with van der Waals surface area (Å²) in [5, 5.41) is 16.2. The fourth-order valence-corrected chi connectivity index (χ4v) is 4.92. The molecule has 0 aliphatic carbocycles. The molecular weight excluding hydrogens is 497 g/mol. The van der Waals surface area contributed by atoms with E-state index < -0.39 is 5.82 Å². The maximum atomic E-state index is 13.8. The van der Waals surface area contributed by atoms with E-state index in [0.717, 1.165) is 12.1 Å². The zero-order valence-electron chi connectivity index (χ0n) is 21.6. The van der Waals surface area contributed by atoms with Crippen molar-refractivity contribution in [2.75, 3.05) is 31.1 Å². The Bertz CT molecular complexity index is 1380. The second-order valence-corrected chi connectivity index (χ2v) is 10.6. The molecule has 1 N–H and O–H groups in total. The average Bonchev–Trinajstić information content (AvgIpc) is 3.04. The molecule has 10 heteroatoms. The van der Waals surface area contributed by atoms with Crippen molar-refractivity contribution in [3.8, 4) is 11.4 Å². The van der Waals surface area contributed by atoms with E-state index in [1.807, 2.05) is 33.8 Å². The number of hydrogen-bond acceptors (Lipinski definition) is 5. The zero-order valence-corrected chi connectivity index (χ0v) is 22.4. The van der Waals surface area contributed by atoms with Gasteiger partial charge in [-0.25, -0.2) is 9.37 Å². The molecule has 1 aliphatic rings. The number of aromatic nitrogens is 2. The molecule has 3 aromatic rings. The lowest BCUT2D eigenvalue weighted by Crippen LogP contribution is -2.50. The number of quaternary nitrogens is 1. The number of fused-ring (bicyclic) bond motifs is 1. The van der Waals surface area contributed by atoms with E-state index in [-0.39, 0.29) is 45.6 Å². The Hall–Kier alpha value is -3.01. The Balaban J connectivity index is 1.79. The third-order valence-electron chi connectivity index (χ3n) is 6.89. The average molecular weight is 530 g/mol. The number of amides is 1. The van der Waals surface area contributed by atoms with Crippen molar-refractivity contribution in [2.45, 2.75) is 52.7 Å². The fraction of sp³-hybridized carbons (Fsp3) is 0.444. The van der Waals surface area contributed by atoms with E-state index in [9.17, 15) is 19.2 Å². The van der Waals surface area contributed by atoms with Crippen LogP contribution in [-0.4, -0.2) is 58.4 Å². The van der Waals surface area contributed by atoms with Crippen molar-refractivity contribution in [2.24, 2.45) is 0 Å². The molecule has 8 nitrogen and oxygen atoms in total.